The van der Waals surface area contributed by atoms with Gasteiger partial charge in [-0.2, -0.15) is 0 Å². The van der Waals surface area contributed by atoms with Crippen molar-refractivity contribution in [1.29, 1.82) is 0 Å². The van der Waals surface area contributed by atoms with Crippen molar-refractivity contribution in [2.24, 2.45) is 0 Å². The van der Waals surface area contributed by atoms with E-state index in [1.807, 2.05) is 0 Å². The highest BCUT2D eigenvalue weighted by atomic mass is 35.5. The lowest BCUT2D eigenvalue weighted by Crippen LogP contribution is -2.45. The van der Waals surface area contributed by atoms with Crippen molar-refractivity contribution in [3.63, 3.8) is 0 Å². The van der Waals surface area contributed by atoms with Gasteiger partial charge in [0.1, 0.15) is 0 Å². The fraction of sp³-hybridized carbons (Fsp3) is 0.267. The van der Waals surface area contributed by atoms with Crippen LogP contribution in [-0.2, 0) is 19.1 Å². The van der Waals surface area contributed by atoms with Gasteiger partial charge in [-0.3, -0.25) is 9.59 Å². The number of esters is 1. The summed E-state index contributed by atoms with van der Waals surface area (Å²) in [7, 11) is 0. The molecule has 1 unspecified atom stereocenters. The Morgan fingerprint density at radius 3 is 2.43 bits per heavy atom. The second-order valence-corrected chi connectivity index (χ2v) is 4.63. The summed E-state index contributed by atoms with van der Waals surface area (Å²) < 4.78 is 4.73. The molecular weight excluding hydrogens is 294 g/mol. The maximum atomic E-state index is 11.7. The van der Waals surface area contributed by atoms with Crippen LogP contribution < -0.4 is 5.32 Å². The Balaban J connectivity index is 2.67. The smallest absolute Gasteiger partial charge is 0.336 e. The second kappa shape index (κ2) is 8.21. The predicted octanol–water partition coefficient (Wildman–Crippen LogP) is 1.99. The van der Waals surface area contributed by atoms with Crippen LogP contribution in [0.4, 0.5) is 0 Å². The Hall–Kier alpha value is -2.14. The van der Waals surface area contributed by atoms with Gasteiger partial charge in [0.2, 0.25) is 5.91 Å². The summed E-state index contributed by atoms with van der Waals surface area (Å²) in [4.78, 5) is 34.6. The highest BCUT2D eigenvalue weighted by Gasteiger charge is 2.25. The number of nitrogens with one attached hydrogen (secondary N) is 1. The van der Waals surface area contributed by atoms with Crippen LogP contribution >= 0.6 is 11.6 Å². The first-order chi connectivity index (χ1) is 9.93. The van der Waals surface area contributed by atoms with E-state index < -0.39 is 23.7 Å². The third kappa shape index (κ3) is 5.79. The fourth-order valence-electron chi connectivity index (χ4n) is 1.49. The topological polar surface area (TPSA) is 72.5 Å². The van der Waals surface area contributed by atoms with Crippen molar-refractivity contribution in [1.82, 2.24) is 5.32 Å². The molecule has 21 heavy (non-hydrogen) atoms. The molecule has 0 spiro atoms. The highest BCUT2D eigenvalue weighted by Crippen LogP contribution is 2.10. The first-order valence-electron chi connectivity index (χ1n) is 6.35. The first kappa shape index (κ1) is 16.9. The predicted molar refractivity (Wildman–Crippen MR) is 79.7 cm³/mol. The molecular formula is C15H16ClNO4. The van der Waals surface area contributed by atoms with Gasteiger partial charge in [0, 0.05) is 11.1 Å². The second-order valence-electron chi connectivity index (χ2n) is 4.19. The van der Waals surface area contributed by atoms with E-state index in [4.69, 9.17) is 16.3 Å². The van der Waals surface area contributed by atoms with Gasteiger partial charge in [0.25, 0.3) is 0 Å². The van der Waals surface area contributed by atoms with Crippen LogP contribution in [0.25, 0.3) is 6.08 Å². The molecule has 0 saturated carbocycles. The highest BCUT2D eigenvalue weighted by molar-refractivity contribution is 6.30. The van der Waals surface area contributed by atoms with Crippen LogP contribution in [-0.4, -0.2) is 30.3 Å². The molecule has 0 aromatic heterocycles. The number of amides is 1. The van der Waals surface area contributed by atoms with Crippen LogP contribution in [0.5, 0.6) is 0 Å². The number of hydrogen-bond acceptors (Lipinski definition) is 4. The number of ketones is 1. The zero-order valence-corrected chi connectivity index (χ0v) is 12.5. The number of Topliss-reactive ketones (excluding diaryl/α,β-unsaturated/α-hetero) is 1. The lowest BCUT2D eigenvalue weighted by atomic mass is 10.2. The lowest BCUT2D eigenvalue weighted by Gasteiger charge is -2.12. The molecule has 0 radical (unpaired) electrons. The van der Waals surface area contributed by atoms with Crippen molar-refractivity contribution in [3.05, 3.63) is 40.9 Å². The monoisotopic (exact) mass is 309 g/mol. The maximum Gasteiger partial charge on any atom is 0.336 e. The van der Waals surface area contributed by atoms with E-state index >= 15 is 0 Å². The largest absolute Gasteiger partial charge is 0.464 e. The Labute approximate surface area is 127 Å². The van der Waals surface area contributed by atoms with E-state index in [1.165, 1.54) is 13.0 Å². The van der Waals surface area contributed by atoms with Gasteiger partial charge >= 0.3 is 5.97 Å². The normalized spacial score (nSPS) is 12.0. The molecule has 0 aliphatic heterocycles. The molecule has 5 nitrogen and oxygen atoms in total. The Morgan fingerprint density at radius 1 is 1.29 bits per heavy atom. The number of benzene rings is 1. The molecule has 0 aliphatic carbocycles. The minimum absolute atomic E-state index is 0.138. The number of carbonyl (C=O) groups excluding carboxylic acids is 3. The zero-order valence-electron chi connectivity index (χ0n) is 11.8. The molecule has 1 aromatic carbocycles. The number of hydrogen-bond donors (Lipinski definition) is 1. The summed E-state index contributed by atoms with van der Waals surface area (Å²) in [6.07, 6.45) is 2.78. The van der Waals surface area contributed by atoms with Crippen LogP contribution in [0.1, 0.15) is 19.4 Å². The quantitative estimate of drug-likeness (QED) is 0.495. The molecule has 0 saturated heterocycles. The number of halogens is 1. The fourth-order valence-corrected chi connectivity index (χ4v) is 1.61. The van der Waals surface area contributed by atoms with Crippen LogP contribution in [0.2, 0.25) is 5.02 Å². The first-order valence-corrected chi connectivity index (χ1v) is 6.73. The van der Waals surface area contributed by atoms with Gasteiger partial charge in [0.05, 0.1) is 6.61 Å². The summed E-state index contributed by atoms with van der Waals surface area (Å²) >= 11 is 5.75. The van der Waals surface area contributed by atoms with E-state index in [2.05, 4.69) is 5.32 Å². The average molecular weight is 310 g/mol. The van der Waals surface area contributed by atoms with E-state index in [1.54, 1.807) is 37.3 Å². The number of carbonyl (C=O) groups is 3. The summed E-state index contributed by atoms with van der Waals surface area (Å²) in [5.41, 5.74) is 0.769. The van der Waals surface area contributed by atoms with Crippen LogP contribution in [0, 0.1) is 0 Å². The molecule has 1 N–H and O–H groups in total. The van der Waals surface area contributed by atoms with Crippen molar-refractivity contribution < 1.29 is 19.1 Å². The summed E-state index contributed by atoms with van der Waals surface area (Å²) in [5, 5.41) is 2.90. The third-order valence-corrected chi connectivity index (χ3v) is 2.76. The van der Waals surface area contributed by atoms with Gasteiger partial charge in [-0.1, -0.05) is 23.7 Å². The number of ether oxygens (including phenoxy) is 1. The molecule has 1 rings (SSSR count). The third-order valence-electron chi connectivity index (χ3n) is 2.51. The molecule has 1 atom stereocenters. The van der Waals surface area contributed by atoms with Crippen molar-refractivity contribution >= 4 is 35.3 Å². The van der Waals surface area contributed by atoms with Crippen LogP contribution in [0.3, 0.4) is 0 Å². The summed E-state index contributed by atoms with van der Waals surface area (Å²) in [6, 6.07) is 5.57. The van der Waals surface area contributed by atoms with Gasteiger partial charge in [0.15, 0.2) is 11.8 Å². The summed E-state index contributed by atoms with van der Waals surface area (Å²) in [5.74, 6) is -1.81. The van der Waals surface area contributed by atoms with E-state index in [-0.39, 0.29) is 6.61 Å². The molecule has 0 bridgehead atoms. The molecule has 0 aliphatic rings. The minimum Gasteiger partial charge on any atom is -0.464 e. The van der Waals surface area contributed by atoms with E-state index in [9.17, 15) is 14.4 Å². The molecule has 0 fully saturated rings. The van der Waals surface area contributed by atoms with Crippen molar-refractivity contribution in [2.45, 2.75) is 19.9 Å². The summed E-state index contributed by atoms with van der Waals surface area (Å²) in [6.45, 7) is 2.97. The van der Waals surface area contributed by atoms with Crippen molar-refractivity contribution in [3.8, 4) is 0 Å². The molecule has 1 amide bonds. The Kier molecular flexibility index (Phi) is 6.62. The van der Waals surface area contributed by atoms with E-state index in [0.717, 1.165) is 5.56 Å². The van der Waals surface area contributed by atoms with Crippen LogP contribution in [0.15, 0.2) is 30.3 Å². The average Bonchev–Trinajstić information content (AvgIpc) is 2.44. The van der Waals surface area contributed by atoms with Gasteiger partial charge in [-0.25, -0.2) is 4.79 Å². The van der Waals surface area contributed by atoms with Gasteiger partial charge in [-0.15, -0.1) is 0 Å². The van der Waals surface area contributed by atoms with Gasteiger partial charge < -0.3 is 10.1 Å². The molecule has 0 heterocycles. The SMILES string of the molecule is CCOC(=O)C(NC(=O)C=Cc1ccc(Cl)cc1)C(C)=O. The minimum atomic E-state index is -1.28. The Morgan fingerprint density at radius 2 is 1.90 bits per heavy atom. The standard InChI is InChI=1S/C15H16ClNO4/c1-3-21-15(20)14(10(2)18)17-13(19)9-6-11-4-7-12(16)8-5-11/h4-9,14H,3H2,1-2H3,(H,17,19). The molecule has 1 aromatic rings. The van der Waals surface area contributed by atoms with Gasteiger partial charge in [-0.05, 0) is 37.6 Å². The maximum absolute atomic E-state index is 11.7. The van der Waals surface area contributed by atoms with Crippen molar-refractivity contribution in [2.75, 3.05) is 6.61 Å². The zero-order chi connectivity index (χ0) is 15.8. The van der Waals surface area contributed by atoms with E-state index in [0.29, 0.717) is 5.02 Å². The Bertz CT molecular complexity index is 551. The number of rotatable bonds is 6. The molecule has 112 valence electrons. The molecule has 6 heteroatoms. The lowest BCUT2D eigenvalue weighted by molar-refractivity contribution is -0.149.